The van der Waals surface area contributed by atoms with Crippen LogP contribution in [0.5, 0.6) is 0 Å². The summed E-state index contributed by atoms with van der Waals surface area (Å²) in [7, 11) is 0. The molecule has 0 radical (unpaired) electrons. The summed E-state index contributed by atoms with van der Waals surface area (Å²) in [5, 5.41) is 19.1. The number of aromatic carboxylic acids is 2. The summed E-state index contributed by atoms with van der Waals surface area (Å²) >= 11 is 0. The molecule has 0 aliphatic rings. The zero-order chi connectivity index (χ0) is 15.9. The van der Waals surface area contributed by atoms with Gasteiger partial charge in [0.1, 0.15) is 11.5 Å². The molecule has 3 rings (SSSR count). The van der Waals surface area contributed by atoms with E-state index in [1.54, 1.807) is 10.6 Å². The first kappa shape index (κ1) is 13.9. The lowest BCUT2D eigenvalue weighted by Gasteiger charge is -2.06. The molecule has 0 atom stereocenters. The first-order valence-electron chi connectivity index (χ1n) is 6.61. The Bertz CT molecular complexity index is 887. The van der Waals surface area contributed by atoms with Gasteiger partial charge in [-0.1, -0.05) is 11.6 Å². The number of aromatic nitrogens is 1. The van der Waals surface area contributed by atoms with Crippen molar-refractivity contribution in [1.29, 1.82) is 0 Å². The lowest BCUT2D eigenvalue weighted by molar-refractivity contribution is 0.0654. The molecule has 6 heteroatoms. The van der Waals surface area contributed by atoms with E-state index in [0.717, 1.165) is 16.5 Å². The first-order chi connectivity index (χ1) is 10.5. The van der Waals surface area contributed by atoms with Crippen LogP contribution < -0.4 is 0 Å². The molecule has 1 aromatic carbocycles. The van der Waals surface area contributed by atoms with E-state index in [0.29, 0.717) is 5.76 Å². The van der Waals surface area contributed by atoms with E-state index >= 15 is 0 Å². The SMILES string of the molecule is Cc1ccc2c(c1)cc(C(=O)O)n2Cc1ccc(C(=O)O)o1. The maximum Gasteiger partial charge on any atom is 0.371 e. The molecule has 0 aliphatic heterocycles. The smallest absolute Gasteiger partial charge is 0.371 e. The van der Waals surface area contributed by atoms with Gasteiger partial charge in [0.25, 0.3) is 0 Å². The van der Waals surface area contributed by atoms with E-state index in [-0.39, 0.29) is 18.0 Å². The number of hydrogen-bond donors (Lipinski definition) is 2. The third-order valence-corrected chi connectivity index (χ3v) is 3.46. The summed E-state index contributed by atoms with van der Waals surface area (Å²) < 4.78 is 6.81. The number of benzene rings is 1. The van der Waals surface area contributed by atoms with Crippen LogP contribution in [0.1, 0.15) is 32.4 Å². The van der Waals surface area contributed by atoms with E-state index in [4.69, 9.17) is 9.52 Å². The molecule has 22 heavy (non-hydrogen) atoms. The zero-order valence-electron chi connectivity index (χ0n) is 11.7. The van der Waals surface area contributed by atoms with Crippen LogP contribution in [0.2, 0.25) is 0 Å². The molecule has 0 amide bonds. The highest BCUT2D eigenvalue weighted by atomic mass is 16.4. The van der Waals surface area contributed by atoms with Crippen molar-refractivity contribution in [3.63, 3.8) is 0 Å². The predicted octanol–water partition coefficient (Wildman–Crippen LogP) is 2.99. The van der Waals surface area contributed by atoms with Gasteiger partial charge in [0.05, 0.1) is 6.54 Å². The van der Waals surface area contributed by atoms with Crippen molar-refractivity contribution >= 4 is 22.8 Å². The van der Waals surface area contributed by atoms with Gasteiger partial charge in [-0.05, 0) is 37.3 Å². The van der Waals surface area contributed by atoms with Gasteiger partial charge >= 0.3 is 11.9 Å². The molecule has 2 aromatic heterocycles. The van der Waals surface area contributed by atoms with Crippen molar-refractivity contribution < 1.29 is 24.2 Å². The molecule has 112 valence electrons. The predicted molar refractivity (Wildman–Crippen MR) is 78.4 cm³/mol. The fourth-order valence-corrected chi connectivity index (χ4v) is 2.47. The summed E-state index contributed by atoms with van der Waals surface area (Å²) in [6, 6.07) is 10.1. The van der Waals surface area contributed by atoms with Crippen LogP contribution in [-0.2, 0) is 6.54 Å². The Balaban J connectivity index is 2.09. The van der Waals surface area contributed by atoms with Gasteiger partial charge < -0.3 is 19.2 Å². The lowest BCUT2D eigenvalue weighted by Crippen LogP contribution is -2.08. The molecule has 0 unspecified atom stereocenters. The van der Waals surface area contributed by atoms with Gasteiger partial charge in [-0.25, -0.2) is 9.59 Å². The van der Waals surface area contributed by atoms with Crippen molar-refractivity contribution in [3.05, 3.63) is 59.2 Å². The summed E-state index contributed by atoms with van der Waals surface area (Å²) in [6.45, 7) is 2.09. The minimum Gasteiger partial charge on any atom is -0.477 e. The van der Waals surface area contributed by atoms with Gasteiger partial charge in [-0.2, -0.15) is 0 Å². The molecule has 3 aromatic rings. The van der Waals surface area contributed by atoms with Crippen molar-refractivity contribution in [2.45, 2.75) is 13.5 Å². The Morgan fingerprint density at radius 1 is 1.09 bits per heavy atom. The summed E-state index contributed by atoms with van der Waals surface area (Å²) in [5.41, 5.74) is 1.93. The molecule has 0 saturated carbocycles. The Kier molecular flexibility index (Phi) is 3.21. The number of fused-ring (bicyclic) bond motifs is 1. The molecule has 0 aliphatic carbocycles. The van der Waals surface area contributed by atoms with Gasteiger partial charge in [-0.3, -0.25) is 0 Å². The number of furan rings is 1. The third kappa shape index (κ3) is 2.35. The lowest BCUT2D eigenvalue weighted by atomic mass is 10.2. The number of carboxylic acid groups (broad SMARTS) is 2. The van der Waals surface area contributed by atoms with Crippen molar-refractivity contribution in [2.24, 2.45) is 0 Å². The number of hydrogen-bond acceptors (Lipinski definition) is 3. The second-order valence-corrected chi connectivity index (χ2v) is 5.05. The monoisotopic (exact) mass is 299 g/mol. The summed E-state index contributed by atoms with van der Waals surface area (Å²) in [6.07, 6.45) is 0. The van der Waals surface area contributed by atoms with Gasteiger partial charge in [-0.15, -0.1) is 0 Å². The number of carbonyl (C=O) groups is 2. The standard InChI is InChI=1S/C16H13NO5/c1-9-2-4-12-10(6-9)7-13(15(18)19)17(12)8-11-3-5-14(22-11)16(20)21/h2-7H,8H2,1H3,(H,18,19)(H,20,21). The molecule has 2 heterocycles. The molecular weight excluding hydrogens is 286 g/mol. The van der Waals surface area contributed by atoms with Gasteiger partial charge in [0.2, 0.25) is 5.76 Å². The van der Waals surface area contributed by atoms with Crippen LogP contribution >= 0.6 is 0 Å². The Labute approximate surface area is 125 Å². The second kappa shape index (κ2) is 5.07. The van der Waals surface area contributed by atoms with Crippen LogP contribution in [0.25, 0.3) is 10.9 Å². The van der Waals surface area contributed by atoms with Crippen LogP contribution in [0, 0.1) is 6.92 Å². The Hall–Kier alpha value is -3.02. The second-order valence-electron chi connectivity index (χ2n) is 5.05. The van der Waals surface area contributed by atoms with E-state index < -0.39 is 11.9 Å². The summed E-state index contributed by atoms with van der Waals surface area (Å²) in [5.74, 6) is -1.98. The van der Waals surface area contributed by atoms with E-state index in [2.05, 4.69) is 0 Å². The minimum absolute atomic E-state index is 0.133. The van der Waals surface area contributed by atoms with Crippen LogP contribution in [-0.4, -0.2) is 26.7 Å². The highest BCUT2D eigenvalue weighted by molar-refractivity contribution is 5.95. The fourth-order valence-electron chi connectivity index (χ4n) is 2.47. The average molecular weight is 299 g/mol. The maximum absolute atomic E-state index is 11.4. The highest BCUT2D eigenvalue weighted by Crippen LogP contribution is 2.23. The number of aryl methyl sites for hydroxylation is 1. The molecular formula is C16H13NO5. The first-order valence-corrected chi connectivity index (χ1v) is 6.61. The zero-order valence-corrected chi connectivity index (χ0v) is 11.7. The average Bonchev–Trinajstić information content (AvgIpc) is 3.04. The number of rotatable bonds is 4. The molecule has 0 spiro atoms. The van der Waals surface area contributed by atoms with Gasteiger partial charge in [0.15, 0.2) is 0 Å². The van der Waals surface area contributed by atoms with E-state index in [1.807, 2.05) is 25.1 Å². The quantitative estimate of drug-likeness (QED) is 0.772. The maximum atomic E-state index is 11.4. The number of nitrogens with zero attached hydrogens (tertiary/aromatic N) is 1. The summed E-state index contributed by atoms with van der Waals surface area (Å²) in [4.78, 5) is 22.3. The van der Waals surface area contributed by atoms with Crippen LogP contribution in [0.3, 0.4) is 0 Å². The van der Waals surface area contributed by atoms with E-state index in [9.17, 15) is 14.7 Å². The molecule has 2 N–H and O–H groups in total. The Morgan fingerprint density at radius 3 is 2.50 bits per heavy atom. The molecule has 0 bridgehead atoms. The third-order valence-electron chi connectivity index (χ3n) is 3.46. The largest absolute Gasteiger partial charge is 0.477 e. The highest BCUT2D eigenvalue weighted by Gasteiger charge is 2.17. The van der Waals surface area contributed by atoms with Crippen LogP contribution in [0.15, 0.2) is 40.8 Å². The molecule has 0 saturated heterocycles. The van der Waals surface area contributed by atoms with Gasteiger partial charge in [0, 0.05) is 10.9 Å². The Morgan fingerprint density at radius 2 is 1.86 bits per heavy atom. The topological polar surface area (TPSA) is 92.7 Å². The number of carboxylic acids is 2. The normalized spacial score (nSPS) is 11.0. The molecule has 0 fully saturated rings. The molecule has 6 nitrogen and oxygen atoms in total. The van der Waals surface area contributed by atoms with Crippen molar-refractivity contribution in [1.82, 2.24) is 4.57 Å². The van der Waals surface area contributed by atoms with Crippen molar-refractivity contribution in [3.8, 4) is 0 Å². The van der Waals surface area contributed by atoms with E-state index in [1.165, 1.54) is 12.1 Å². The minimum atomic E-state index is -1.15. The fraction of sp³-hybridized carbons (Fsp3) is 0.125. The van der Waals surface area contributed by atoms with Crippen molar-refractivity contribution in [2.75, 3.05) is 0 Å². The van der Waals surface area contributed by atoms with Crippen LogP contribution in [0.4, 0.5) is 0 Å².